The van der Waals surface area contributed by atoms with Crippen molar-refractivity contribution < 1.29 is 16.8 Å². The Bertz CT molecular complexity index is 1510. The Morgan fingerprint density at radius 1 is 0.848 bits per heavy atom. The lowest BCUT2D eigenvalue weighted by molar-refractivity contribution is 0.185. The highest BCUT2D eigenvalue weighted by molar-refractivity contribution is 7.92. The number of hydrogen-bond acceptors (Lipinski definition) is 7. The third-order valence-electron chi connectivity index (χ3n) is 9.94. The van der Waals surface area contributed by atoms with Crippen molar-refractivity contribution in [2.75, 3.05) is 64.8 Å². The van der Waals surface area contributed by atoms with E-state index < -0.39 is 31.3 Å². The van der Waals surface area contributed by atoms with Crippen molar-refractivity contribution in [3.63, 3.8) is 0 Å². The van der Waals surface area contributed by atoms with Crippen LogP contribution < -0.4 is 10.2 Å². The van der Waals surface area contributed by atoms with Crippen molar-refractivity contribution in [2.24, 2.45) is 11.8 Å². The Kier molecular flexibility index (Phi) is 12.1. The van der Waals surface area contributed by atoms with Gasteiger partial charge in [-0.25, -0.2) is 8.42 Å². The molecule has 0 spiro atoms. The highest BCUT2D eigenvalue weighted by Gasteiger charge is 2.38. The summed E-state index contributed by atoms with van der Waals surface area (Å²) in [5.41, 5.74) is 2.96. The molecule has 5 rings (SSSR count). The minimum Gasteiger partial charge on any atom is -0.378 e. The largest absolute Gasteiger partial charge is 0.378 e. The van der Waals surface area contributed by atoms with Crippen molar-refractivity contribution in [1.82, 2.24) is 18.8 Å². The van der Waals surface area contributed by atoms with E-state index in [-0.39, 0.29) is 18.0 Å². The fourth-order valence-electron chi connectivity index (χ4n) is 7.32. The molecule has 0 radical (unpaired) electrons. The number of anilines is 1. The number of sulfone groups is 1. The SMILES string of the molecule is C[C@@H]1CN(S(=O)(=O)N2CCc3cc(Cl)ccc3C2)CCCN(CC2CCCCC2)CCCNC1S(=O)(=O)c1ccc(N(C)C)cc1. The molecule has 1 unspecified atom stereocenters. The smallest absolute Gasteiger partial charge is 0.282 e. The van der Waals surface area contributed by atoms with Gasteiger partial charge in [0.15, 0.2) is 9.84 Å². The van der Waals surface area contributed by atoms with Crippen LogP contribution in [0.3, 0.4) is 0 Å². The fraction of sp³-hybridized carbons (Fsp3) is 0.647. The van der Waals surface area contributed by atoms with E-state index in [1.54, 1.807) is 20.7 Å². The van der Waals surface area contributed by atoms with Crippen LogP contribution in [0.1, 0.15) is 63.0 Å². The molecule has 2 heterocycles. The van der Waals surface area contributed by atoms with Crippen LogP contribution in [-0.4, -0.2) is 95.6 Å². The van der Waals surface area contributed by atoms with Gasteiger partial charge in [-0.1, -0.05) is 43.9 Å². The summed E-state index contributed by atoms with van der Waals surface area (Å²) in [7, 11) is -3.83. The monoisotopic (exact) mass is 693 g/mol. The number of halogens is 1. The second-order valence-electron chi connectivity index (χ2n) is 13.7. The van der Waals surface area contributed by atoms with Gasteiger partial charge in [-0.3, -0.25) is 0 Å². The fourth-order valence-corrected chi connectivity index (χ4v) is 11.1. The van der Waals surface area contributed by atoms with Crippen molar-refractivity contribution in [3.8, 4) is 0 Å². The quantitative estimate of drug-likeness (QED) is 0.436. The van der Waals surface area contributed by atoms with Gasteiger partial charge in [0.25, 0.3) is 10.2 Å². The number of benzene rings is 2. The van der Waals surface area contributed by atoms with Crippen molar-refractivity contribution in [3.05, 3.63) is 58.6 Å². The molecule has 2 aromatic carbocycles. The maximum Gasteiger partial charge on any atom is 0.282 e. The summed E-state index contributed by atoms with van der Waals surface area (Å²) in [6, 6.07) is 12.6. The molecule has 1 saturated heterocycles. The maximum absolute atomic E-state index is 14.3. The number of fused-ring (bicyclic) bond motifs is 1. The van der Waals surface area contributed by atoms with Crippen LogP contribution in [0, 0.1) is 11.8 Å². The molecule has 3 aliphatic rings. The molecule has 46 heavy (non-hydrogen) atoms. The lowest BCUT2D eigenvalue weighted by Gasteiger charge is -2.37. The third-order valence-corrected chi connectivity index (χ3v) is 14.4. The van der Waals surface area contributed by atoms with Gasteiger partial charge >= 0.3 is 0 Å². The topological polar surface area (TPSA) is 93.3 Å². The molecule has 0 bridgehead atoms. The first-order valence-electron chi connectivity index (χ1n) is 16.9. The first-order chi connectivity index (χ1) is 21.9. The normalized spacial score (nSPS) is 24.1. The molecule has 0 aromatic heterocycles. The average molecular weight is 694 g/mol. The van der Waals surface area contributed by atoms with Gasteiger partial charge in [0.2, 0.25) is 0 Å². The molecule has 0 amide bonds. The van der Waals surface area contributed by atoms with Crippen LogP contribution >= 0.6 is 11.6 Å². The number of nitrogens with one attached hydrogen (secondary N) is 1. The average Bonchev–Trinajstić information content (AvgIpc) is 3.03. The standard InChI is InChI=1S/C34H52ClN5O4S2/c1-27-24-39(46(43,44)40-22-17-29-23-31(35)12-11-30(29)26-40)21-8-20-38(25-28-9-5-4-6-10-28)19-7-18-36-34(27)45(41,42)33-15-13-32(14-16-33)37(2)3/h11-16,23,27-28,34,36H,4-10,17-22,24-26H2,1-3H3/t27-,34?/m1/s1. The van der Waals surface area contributed by atoms with E-state index in [1.807, 2.05) is 56.3 Å². The first kappa shape index (κ1) is 35.6. The van der Waals surface area contributed by atoms with Gasteiger partial charge < -0.3 is 15.1 Å². The van der Waals surface area contributed by atoms with Crippen LogP contribution in [-0.2, 0) is 33.0 Å². The number of rotatable bonds is 7. The Morgan fingerprint density at radius 2 is 1.57 bits per heavy atom. The first-order valence-corrected chi connectivity index (χ1v) is 20.3. The predicted molar refractivity (Wildman–Crippen MR) is 187 cm³/mol. The minimum atomic E-state index is -3.87. The van der Waals surface area contributed by atoms with Crippen LogP contribution in [0.15, 0.2) is 47.4 Å². The van der Waals surface area contributed by atoms with Gasteiger partial charge in [0.05, 0.1) is 4.90 Å². The molecule has 1 aliphatic carbocycles. The summed E-state index contributed by atoms with van der Waals surface area (Å²) >= 11 is 6.22. The second kappa shape index (κ2) is 15.7. The summed E-state index contributed by atoms with van der Waals surface area (Å²) in [6.45, 7) is 6.24. The summed E-state index contributed by atoms with van der Waals surface area (Å²) < 4.78 is 60.1. The molecule has 9 nitrogen and oxygen atoms in total. The van der Waals surface area contributed by atoms with Gasteiger partial charge in [-0.05, 0) is 111 Å². The van der Waals surface area contributed by atoms with E-state index in [0.29, 0.717) is 43.4 Å². The highest BCUT2D eigenvalue weighted by Crippen LogP contribution is 2.29. The number of hydrogen-bond donors (Lipinski definition) is 1. The van der Waals surface area contributed by atoms with Crippen molar-refractivity contribution in [2.45, 2.75) is 75.1 Å². The van der Waals surface area contributed by atoms with Crippen LogP contribution in [0.25, 0.3) is 0 Å². The maximum atomic E-state index is 14.3. The predicted octanol–water partition coefficient (Wildman–Crippen LogP) is 5.01. The van der Waals surface area contributed by atoms with Gasteiger partial charge in [-0.15, -0.1) is 0 Å². The van der Waals surface area contributed by atoms with E-state index in [1.165, 1.54) is 32.1 Å². The molecule has 1 N–H and O–H groups in total. The molecule has 2 atom stereocenters. The lowest BCUT2D eigenvalue weighted by Crippen LogP contribution is -2.52. The Morgan fingerprint density at radius 3 is 2.28 bits per heavy atom. The van der Waals surface area contributed by atoms with Gasteiger partial charge in [0.1, 0.15) is 5.37 Å². The Labute approximate surface area is 282 Å². The van der Waals surface area contributed by atoms with Crippen LogP contribution in [0.4, 0.5) is 5.69 Å². The number of nitrogens with zero attached hydrogens (tertiary/aromatic N) is 4. The molecular formula is C34H52ClN5O4S2. The molecule has 1 saturated carbocycles. The van der Waals surface area contributed by atoms with E-state index in [9.17, 15) is 16.8 Å². The van der Waals surface area contributed by atoms with E-state index in [2.05, 4.69) is 10.2 Å². The van der Waals surface area contributed by atoms with Gasteiger partial charge in [0, 0.05) is 57.5 Å². The third kappa shape index (κ3) is 8.64. The van der Waals surface area contributed by atoms with E-state index >= 15 is 0 Å². The molecule has 256 valence electrons. The summed E-state index contributed by atoms with van der Waals surface area (Å²) in [5, 5.41) is 3.11. The van der Waals surface area contributed by atoms with Crippen LogP contribution in [0.5, 0.6) is 0 Å². The molecule has 12 heteroatoms. The Hall–Kier alpha value is -1.73. The van der Waals surface area contributed by atoms with Gasteiger partial charge in [-0.2, -0.15) is 17.0 Å². The van der Waals surface area contributed by atoms with Crippen LogP contribution in [0.2, 0.25) is 5.02 Å². The lowest BCUT2D eigenvalue weighted by atomic mass is 9.89. The van der Waals surface area contributed by atoms with E-state index in [0.717, 1.165) is 42.9 Å². The molecular weight excluding hydrogens is 642 g/mol. The minimum absolute atomic E-state index is 0.113. The molecule has 2 fully saturated rings. The summed E-state index contributed by atoms with van der Waals surface area (Å²) in [4.78, 5) is 4.66. The summed E-state index contributed by atoms with van der Waals surface area (Å²) in [6.07, 6.45) is 8.51. The second-order valence-corrected chi connectivity index (χ2v) is 18.1. The highest BCUT2D eigenvalue weighted by atomic mass is 35.5. The van der Waals surface area contributed by atoms with Crippen molar-refractivity contribution in [1.29, 1.82) is 0 Å². The zero-order chi connectivity index (χ0) is 32.9. The van der Waals surface area contributed by atoms with Crippen molar-refractivity contribution >= 4 is 37.3 Å². The zero-order valence-corrected chi connectivity index (χ0v) is 30.1. The molecule has 2 aromatic rings. The molecule has 2 aliphatic heterocycles. The van der Waals surface area contributed by atoms with E-state index in [4.69, 9.17) is 11.6 Å². The Balaban J connectivity index is 1.41. The zero-order valence-electron chi connectivity index (χ0n) is 27.7. The summed E-state index contributed by atoms with van der Waals surface area (Å²) in [5.74, 6) is 0.191.